The van der Waals surface area contributed by atoms with E-state index in [1.54, 1.807) is 11.4 Å². The minimum atomic E-state index is -3.38. The van der Waals surface area contributed by atoms with Gasteiger partial charge in [0.1, 0.15) is 4.21 Å². The summed E-state index contributed by atoms with van der Waals surface area (Å²) in [7, 11) is -3.38. The van der Waals surface area contributed by atoms with Crippen LogP contribution in [0.2, 0.25) is 0 Å². The van der Waals surface area contributed by atoms with Crippen molar-refractivity contribution in [2.24, 2.45) is 11.8 Å². The van der Waals surface area contributed by atoms with Crippen molar-refractivity contribution in [2.45, 2.75) is 43.4 Å². The fourth-order valence-electron chi connectivity index (χ4n) is 2.47. The first-order chi connectivity index (χ1) is 8.42. The second-order valence-electron chi connectivity index (χ2n) is 5.05. The highest BCUT2D eigenvalue weighted by Gasteiger charge is 2.31. The summed E-state index contributed by atoms with van der Waals surface area (Å²) in [6, 6.07) is 1.83. The Labute approximate surface area is 121 Å². The SMILES string of the molecule is CC1CCCC(NS(=O)(=O)c2sccc2Br)C1C. The predicted octanol–water partition coefficient (Wildman–Crippen LogP) is 3.61. The maximum absolute atomic E-state index is 12.3. The molecule has 6 heteroatoms. The third kappa shape index (κ3) is 2.98. The molecule has 0 amide bonds. The van der Waals surface area contributed by atoms with Gasteiger partial charge in [-0.2, -0.15) is 0 Å². The molecule has 0 aromatic carbocycles. The number of sulfonamides is 1. The molecule has 2 rings (SSSR count). The molecule has 1 aliphatic rings. The monoisotopic (exact) mass is 351 g/mol. The summed E-state index contributed by atoms with van der Waals surface area (Å²) >= 11 is 4.53. The quantitative estimate of drug-likeness (QED) is 0.903. The summed E-state index contributed by atoms with van der Waals surface area (Å²) in [5.41, 5.74) is 0. The third-order valence-corrected chi connectivity index (χ3v) is 8.00. The molecule has 1 N–H and O–H groups in total. The van der Waals surface area contributed by atoms with Gasteiger partial charge in [-0.3, -0.25) is 0 Å². The van der Waals surface area contributed by atoms with Crippen LogP contribution >= 0.6 is 27.3 Å². The van der Waals surface area contributed by atoms with Gasteiger partial charge < -0.3 is 0 Å². The number of hydrogen-bond acceptors (Lipinski definition) is 3. The van der Waals surface area contributed by atoms with Gasteiger partial charge in [0.25, 0.3) is 10.0 Å². The van der Waals surface area contributed by atoms with E-state index in [2.05, 4.69) is 34.5 Å². The Morgan fingerprint density at radius 2 is 2.11 bits per heavy atom. The summed E-state index contributed by atoms with van der Waals surface area (Å²) in [5, 5.41) is 1.78. The lowest BCUT2D eigenvalue weighted by molar-refractivity contribution is 0.227. The molecule has 18 heavy (non-hydrogen) atoms. The number of hydrogen-bond donors (Lipinski definition) is 1. The van der Waals surface area contributed by atoms with Crippen molar-refractivity contribution in [3.8, 4) is 0 Å². The Kier molecular flexibility index (Phi) is 4.52. The molecule has 1 aliphatic carbocycles. The molecule has 3 atom stereocenters. The van der Waals surface area contributed by atoms with Gasteiger partial charge in [0, 0.05) is 10.5 Å². The lowest BCUT2D eigenvalue weighted by Crippen LogP contribution is -2.43. The molecule has 0 radical (unpaired) electrons. The average molecular weight is 352 g/mol. The summed E-state index contributed by atoms with van der Waals surface area (Å²) < 4.78 is 28.5. The second kappa shape index (κ2) is 5.61. The van der Waals surface area contributed by atoms with Crippen molar-refractivity contribution in [2.75, 3.05) is 0 Å². The van der Waals surface area contributed by atoms with Gasteiger partial charge in [-0.1, -0.05) is 26.7 Å². The Morgan fingerprint density at radius 3 is 2.72 bits per heavy atom. The van der Waals surface area contributed by atoms with Crippen molar-refractivity contribution in [1.82, 2.24) is 4.72 Å². The Hall–Kier alpha value is 0.0900. The van der Waals surface area contributed by atoms with Crippen LogP contribution in [0, 0.1) is 11.8 Å². The fourth-order valence-corrected chi connectivity index (χ4v) is 6.19. The molecular formula is C12H18BrNO2S2. The molecule has 0 bridgehead atoms. The largest absolute Gasteiger partial charge is 0.251 e. The van der Waals surface area contributed by atoms with Crippen molar-refractivity contribution in [1.29, 1.82) is 0 Å². The molecule has 1 aromatic heterocycles. The van der Waals surface area contributed by atoms with E-state index in [-0.39, 0.29) is 6.04 Å². The molecule has 0 saturated heterocycles. The Balaban J connectivity index is 2.16. The topological polar surface area (TPSA) is 46.2 Å². The van der Waals surface area contributed by atoms with E-state index in [0.29, 0.717) is 20.5 Å². The van der Waals surface area contributed by atoms with Crippen LogP contribution in [0.1, 0.15) is 33.1 Å². The highest BCUT2D eigenvalue weighted by molar-refractivity contribution is 9.10. The zero-order valence-corrected chi connectivity index (χ0v) is 13.7. The van der Waals surface area contributed by atoms with Crippen molar-refractivity contribution < 1.29 is 8.42 Å². The van der Waals surface area contributed by atoms with E-state index in [4.69, 9.17) is 0 Å². The van der Waals surface area contributed by atoms with Gasteiger partial charge in [-0.05, 0) is 45.6 Å². The van der Waals surface area contributed by atoms with E-state index < -0.39 is 10.0 Å². The maximum Gasteiger partial charge on any atom is 0.251 e. The minimum Gasteiger partial charge on any atom is -0.207 e. The van der Waals surface area contributed by atoms with Crippen LogP contribution in [0.4, 0.5) is 0 Å². The molecule has 102 valence electrons. The first-order valence-electron chi connectivity index (χ1n) is 6.17. The molecule has 0 aliphatic heterocycles. The van der Waals surface area contributed by atoms with E-state index >= 15 is 0 Å². The molecule has 1 heterocycles. The maximum atomic E-state index is 12.3. The highest BCUT2D eigenvalue weighted by atomic mass is 79.9. The Bertz CT molecular complexity index is 512. The van der Waals surface area contributed by atoms with Crippen LogP contribution in [0.3, 0.4) is 0 Å². The summed E-state index contributed by atoms with van der Waals surface area (Å²) in [4.78, 5) is 0. The van der Waals surface area contributed by atoms with Crippen LogP contribution in [-0.4, -0.2) is 14.5 Å². The van der Waals surface area contributed by atoms with E-state index in [9.17, 15) is 8.42 Å². The molecule has 3 unspecified atom stereocenters. The fraction of sp³-hybridized carbons (Fsp3) is 0.667. The summed E-state index contributed by atoms with van der Waals surface area (Å²) in [6.45, 7) is 4.34. The molecule has 1 fully saturated rings. The second-order valence-corrected chi connectivity index (χ2v) is 8.73. The van der Waals surface area contributed by atoms with Gasteiger partial charge >= 0.3 is 0 Å². The molecule has 1 aromatic rings. The van der Waals surface area contributed by atoms with Gasteiger partial charge in [0.15, 0.2) is 0 Å². The standard InChI is InChI=1S/C12H18BrNO2S2/c1-8-4-3-5-11(9(8)2)14-18(15,16)12-10(13)6-7-17-12/h6-9,11,14H,3-5H2,1-2H3. The van der Waals surface area contributed by atoms with Crippen LogP contribution in [0.25, 0.3) is 0 Å². The van der Waals surface area contributed by atoms with Crippen molar-refractivity contribution in [3.05, 3.63) is 15.9 Å². The van der Waals surface area contributed by atoms with Crippen LogP contribution in [-0.2, 0) is 10.0 Å². The molecular weight excluding hydrogens is 334 g/mol. The molecule has 1 saturated carbocycles. The Morgan fingerprint density at radius 1 is 1.39 bits per heavy atom. The molecule has 3 nitrogen and oxygen atoms in total. The zero-order chi connectivity index (χ0) is 13.3. The third-order valence-electron chi connectivity index (χ3n) is 3.84. The summed E-state index contributed by atoms with van der Waals surface area (Å²) in [5.74, 6) is 0.977. The number of thiophene rings is 1. The van der Waals surface area contributed by atoms with Gasteiger partial charge in [0.05, 0.1) is 0 Å². The predicted molar refractivity (Wildman–Crippen MR) is 78.3 cm³/mol. The summed E-state index contributed by atoms with van der Waals surface area (Å²) in [6.07, 6.45) is 3.24. The van der Waals surface area contributed by atoms with Crippen LogP contribution in [0.5, 0.6) is 0 Å². The van der Waals surface area contributed by atoms with E-state index in [1.807, 2.05) is 0 Å². The van der Waals surface area contributed by atoms with Crippen LogP contribution in [0.15, 0.2) is 20.1 Å². The lowest BCUT2D eigenvalue weighted by atomic mass is 9.78. The average Bonchev–Trinajstić information content (AvgIpc) is 2.72. The zero-order valence-electron chi connectivity index (χ0n) is 10.5. The van der Waals surface area contributed by atoms with Crippen LogP contribution < -0.4 is 4.72 Å². The highest BCUT2D eigenvalue weighted by Crippen LogP contribution is 2.32. The van der Waals surface area contributed by atoms with Crippen molar-refractivity contribution in [3.63, 3.8) is 0 Å². The lowest BCUT2D eigenvalue weighted by Gasteiger charge is -2.34. The van der Waals surface area contributed by atoms with Gasteiger partial charge in [0.2, 0.25) is 0 Å². The van der Waals surface area contributed by atoms with E-state index in [0.717, 1.165) is 12.8 Å². The van der Waals surface area contributed by atoms with Gasteiger partial charge in [-0.25, -0.2) is 13.1 Å². The minimum absolute atomic E-state index is 0.0627. The van der Waals surface area contributed by atoms with Crippen molar-refractivity contribution >= 4 is 37.3 Å². The molecule has 0 spiro atoms. The van der Waals surface area contributed by atoms with Gasteiger partial charge in [-0.15, -0.1) is 11.3 Å². The number of rotatable bonds is 3. The number of nitrogens with one attached hydrogen (secondary N) is 1. The number of halogens is 1. The first kappa shape index (κ1) is 14.5. The smallest absolute Gasteiger partial charge is 0.207 e. The van der Waals surface area contributed by atoms with E-state index in [1.165, 1.54) is 17.8 Å². The first-order valence-corrected chi connectivity index (χ1v) is 9.32. The normalized spacial score (nSPS) is 29.4.